The lowest BCUT2D eigenvalue weighted by molar-refractivity contribution is 0.0697. The smallest absolute Gasteiger partial charge is 0.345 e. The molecule has 1 fully saturated rings. The molecule has 7 heteroatoms. The Balaban J connectivity index is 1.72. The van der Waals surface area contributed by atoms with Gasteiger partial charge in [-0.05, 0) is 44.0 Å². The van der Waals surface area contributed by atoms with Crippen molar-refractivity contribution in [3.8, 4) is 0 Å². The van der Waals surface area contributed by atoms with Crippen molar-refractivity contribution < 1.29 is 9.90 Å². The zero-order chi connectivity index (χ0) is 18.0. The third kappa shape index (κ3) is 3.66. The van der Waals surface area contributed by atoms with Gasteiger partial charge < -0.3 is 5.11 Å². The van der Waals surface area contributed by atoms with Gasteiger partial charge in [-0.3, -0.25) is 9.47 Å². The topological polar surface area (TPSA) is 80.4 Å². The first kappa shape index (κ1) is 17.4. The summed E-state index contributed by atoms with van der Waals surface area (Å²) in [5.41, 5.74) is 1.35. The molecule has 1 aliphatic heterocycles. The number of piperidine rings is 1. The average molecular weight is 344 g/mol. The number of aromatic carboxylic acids is 1. The molecule has 1 aromatic carbocycles. The second kappa shape index (κ2) is 7.23. The van der Waals surface area contributed by atoms with Crippen molar-refractivity contribution in [3.05, 3.63) is 51.7 Å². The molecule has 0 radical (unpaired) electrons. The van der Waals surface area contributed by atoms with Gasteiger partial charge in [0.25, 0.3) is 0 Å². The molecule has 7 nitrogen and oxygen atoms in total. The Morgan fingerprint density at radius 3 is 2.68 bits per heavy atom. The van der Waals surface area contributed by atoms with Crippen LogP contribution in [0.5, 0.6) is 0 Å². The third-order valence-corrected chi connectivity index (χ3v) is 4.83. The first-order valence-electron chi connectivity index (χ1n) is 8.68. The fourth-order valence-corrected chi connectivity index (χ4v) is 3.54. The Labute approximate surface area is 146 Å². The SMILES string of the molecule is CCn1c(C2CCCN(Cc3ccc(C(=O)O)cc3)C2)nn(C)c1=O. The molecular weight excluding hydrogens is 320 g/mol. The molecule has 0 aliphatic carbocycles. The Hall–Kier alpha value is -2.41. The van der Waals surface area contributed by atoms with Crippen LogP contribution in [0.25, 0.3) is 0 Å². The van der Waals surface area contributed by atoms with Crippen LogP contribution in [-0.4, -0.2) is 43.4 Å². The molecule has 25 heavy (non-hydrogen) atoms. The average Bonchev–Trinajstić information content (AvgIpc) is 2.90. The van der Waals surface area contributed by atoms with Gasteiger partial charge >= 0.3 is 11.7 Å². The number of rotatable bonds is 5. The van der Waals surface area contributed by atoms with E-state index in [1.165, 1.54) is 4.68 Å². The maximum Gasteiger partial charge on any atom is 0.345 e. The van der Waals surface area contributed by atoms with Gasteiger partial charge in [-0.2, -0.15) is 5.10 Å². The molecule has 3 rings (SSSR count). The highest BCUT2D eigenvalue weighted by molar-refractivity contribution is 5.87. The summed E-state index contributed by atoms with van der Waals surface area (Å²) in [5, 5.41) is 13.4. The predicted molar refractivity (Wildman–Crippen MR) is 93.8 cm³/mol. The van der Waals surface area contributed by atoms with Crippen molar-refractivity contribution in [2.24, 2.45) is 7.05 Å². The number of likely N-dealkylation sites (tertiary alicyclic amines) is 1. The second-order valence-electron chi connectivity index (χ2n) is 6.58. The molecule has 1 aromatic heterocycles. The van der Waals surface area contributed by atoms with Crippen molar-refractivity contribution in [2.45, 2.75) is 38.8 Å². The number of carboxylic acid groups (broad SMARTS) is 1. The number of carbonyl (C=O) groups is 1. The predicted octanol–water partition coefficient (Wildman–Crippen LogP) is 1.68. The summed E-state index contributed by atoms with van der Waals surface area (Å²) in [6.07, 6.45) is 2.09. The molecule has 2 aromatic rings. The molecular formula is C18H24N4O3. The number of hydrogen-bond acceptors (Lipinski definition) is 4. The minimum absolute atomic E-state index is 0.0566. The van der Waals surface area contributed by atoms with Crippen LogP contribution in [0.2, 0.25) is 0 Å². The van der Waals surface area contributed by atoms with Gasteiger partial charge in [0.15, 0.2) is 0 Å². The van der Waals surface area contributed by atoms with Crippen LogP contribution in [-0.2, 0) is 20.1 Å². The van der Waals surface area contributed by atoms with Crippen LogP contribution < -0.4 is 5.69 Å². The highest BCUT2D eigenvalue weighted by atomic mass is 16.4. The highest BCUT2D eigenvalue weighted by Gasteiger charge is 2.26. The summed E-state index contributed by atoms with van der Waals surface area (Å²) >= 11 is 0. The zero-order valence-corrected chi connectivity index (χ0v) is 14.7. The molecule has 0 spiro atoms. The number of hydrogen-bond donors (Lipinski definition) is 1. The summed E-state index contributed by atoms with van der Waals surface area (Å²) in [6.45, 7) is 5.24. The van der Waals surface area contributed by atoms with Crippen molar-refractivity contribution in [1.82, 2.24) is 19.2 Å². The first-order valence-corrected chi connectivity index (χ1v) is 8.68. The van der Waals surface area contributed by atoms with E-state index < -0.39 is 5.97 Å². The normalized spacial score (nSPS) is 18.4. The Morgan fingerprint density at radius 2 is 2.04 bits per heavy atom. The van der Waals surface area contributed by atoms with Crippen molar-refractivity contribution >= 4 is 5.97 Å². The number of aromatic nitrogens is 3. The van der Waals surface area contributed by atoms with Gasteiger partial charge in [0.2, 0.25) is 0 Å². The Morgan fingerprint density at radius 1 is 1.32 bits per heavy atom. The minimum atomic E-state index is -0.905. The van der Waals surface area contributed by atoms with Crippen LogP contribution in [0.4, 0.5) is 0 Å². The summed E-state index contributed by atoms with van der Waals surface area (Å²) in [6, 6.07) is 7.03. The van der Waals surface area contributed by atoms with Gasteiger partial charge in [0, 0.05) is 32.6 Å². The largest absolute Gasteiger partial charge is 0.478 e. The van der Waals surface area contributed by atoms with Crippen LogP contribution in [0.3, 0.4) is 0 Å². The van der Waals surface area contributed by atoms with Crippen LogP contribution in [0, 0.1) is 0 Å². The zero-order valence-electron chi connectivity index (χ0n) is 14.7. The molecule has 1 N–H and O–H groups in total. The lowest BCUT2D eigenvalue weighted by Gasteiger charge is -2.32. The fourth-order valence-electron chi connectivity index (χ4n) is 3.54. The monoisotopic (exact) mass is 344 g/mol. The highest BCUT2D eigenvalue weighted by Crippen LogP contribution is 2.26. The van der Waals surface area contributed by atoms with Crippen molar-refractivity contribution in [2.75, 3.05) is 13.1 Å². The quantitative estimate of drug-likeness (QED) is 0.893. The van der Waals surface area contributed by atoms with Crippen molar-refractivity contribution in [3.63, 3.8) is 0 Å². The molecule has 1 aliphatic rings. The van der Waals surface area contributed by atoms with E-state index >= 15 is 0 Å². The van der Waals surface area contributed by atoms with Gasteiger partial charge in [-0.25, -0.2) is 14.3 Å². The molecule has 1 atom stereocenters. The van der Waals surface area contributed by atoms with E-state index in [2.05, 4.69) is 10.00 Å². The molecule has 0 saturated carbocycles. The van der Waals surface area contributed by atoms with E-state index in [9.17, 15) is 9.59 Å². The Bertz CT molecular complexity index is 807. The number of aryl methyl sites for hydroxylation is 1. The molecule has 1 unspecified atom stereocenters. The summed E-state index contributed by atoms with van der Waals surface area (Å²) in [4.78, 5) is 25.4. The molecule has 1 saturated heterocycles. The number of nitrogens with zero attached hydrogens (tertiary/aromatic N) is 4. The van der Waals surface area contributed by atoms with Gasteiger partial charge in [-0.15, -0.1) is 0 Å². The van der Waals surface area contributed by atoms with Gasteiger partial charge in [0.1, 0.15) is 5.82 Å². The maximum atomic E-state index is 12.1. The van der Waals surface area contributed by atoms with Gasteiger partial charge in [-0.1, -0.05) is 12.1 Å². The standard InChI is InChI=1S/C18H24N4O3/c1-3-22-16(19-20(2)18(22)25)15-5-4-10-21(12-15)11-13-6-8-14(9-7-13)17(23)24/h6-9,15H,3-5,10-12H2,1-2H3,(H,23,24). The van der Waals surface area contributed by atoms with Crippen LogP contribution >= 0.6 is 0 Å². The Kier molecular flexibility index (Phi) is 5.03. The van der Waals surface area contributed by atoms with E-state index in [0.29, 0.717) is 12.1 Å². The molecule has 0 bridgehead atoms. The molecule has 134 valence electrons. The summed E-state index contributed by atoms with van der Waals surface area (Å²) < 4.78 is 3.18. The van der Waals surface area contributed by atoms with Crippen LogP contribution in [0.1, 0.15) is 47.4 Å². The van der Waals surface area contributed by atoms with Gasteiger partial charge in [0.05, 0.1) is 5.56 Å². The number of benzene rings is 1. The van der Waals surface area contributed by atoms with E-state index in [-0.39, 0.29) is 11.6 Å². The van der Waals surface area contributed by atoms with E-state index in [4.69, 9.17) is 5.11 Å². The third-order valence-electron chi connectivity index (χ3n) is 4.83. The van der Waals surface area contributed by atoms with E-state index in [1.807, 2.05) is 19.1 Å². The minimum Gasteiger partial charge on any atom is -0.478 e. The maximum absolute atomic E-state index is 12.1. The van der Waals surface area contributed by atoms with Crippen molar-refractivity contribution in [1.29, 1.82) is 0 Å². The number of carboxylic acids is 1. The lowest BCUT2D eigenvalue weighted by atomic mass is 9.96. The lowest BCUT2D eigenvalue weighted by Crippen LogP contribution is -2.35. The first-order chi connectivity index (χ1) is 12.0. The molecule has 0 amide bonds. The fraction of sp³-hybridized carbons (Fsp3) is 0.500. The molecule has 2 heterocycles. The summed E-state index contributed by atoms with van der Waals surface area (Å²) in [5.74, 6) is 0.221. The van der Waals surface area contributed by atoms with E-state index in [0.717, 1.165) is 43.9 Å². The van der Waals surface area contributed by atoms with E-state index in [1.54, 1.807) is 23.7 Å². The second-order valence-corrected chi connectivity index (χ2v) is 6.58. The van der Waals surface area contributed by atoms with Crippen LogP contribution in [0.15, 0.2) is 29.1 Å². The summed E-state index contributed by atoms with van der Waals surface area (Å²) in [7, 11) is 1.70.